The van der Waals surface area contributed by atoms with Gasteiger partial charge in [0.15, 0.2) is 5.78 Å². The van der Waals surface area contributed by atoms with Crippen LogP contribution >= 0.6 is 0 Å². The molecule has 2 fully saturated rings. The number of hydrogen-bond acceptors (Lipinski definition) is 5. The van der Waals surface area contributed by atoms with E-state index in [-0.39, 0.29) is 23.7 Å². The average Bonchev–Trinajstić information content (AvgIpc) is 2.66. The molecule has 1 saturated carbocycles. The topological polar surface area (TPSA) is 53.0 Å². The Morgan fingerprint density at radius 3 is 2.58 bits per heavy atom. The van der Waals surface area contributed by atoms with Crippen LogP contribution in [0.3, 0.4) is 0 Å². The molecule has 1 aromatic carbocycles. The molecule has 2 aliphatic heterocycles. The van der Waals surface area contributed by atoms with Crippen molar-refractivity contribution in [2.24, 2.45) is 11.8 Å². The first-order valence-corrected chi connectivity index (χ1v) is 9.67. The number of rotatable bonds is 3. The summed E-state index contributed by atoms with van der Waals surface area (Å²) in [4.78, 5) is 17.8. The third kappa shape index (κ3) is 3.43. The van der Waals surface area contributed by atoms with Gasteiger partial charge in [-0.2, -0.15) is 0 Å². The lowest BCUT2D eigenvalue weighted by molar-refractivity contribution is -0.133. The van der Waals surface area contributed by atoms with Gasteiger partial charge in [-0.15, -0.1) is 0 Å². The van der Waals surface area contributed by atoms with Gasteiger partial charge in [0.05, 0.1) is 23.9 Å². The molecule has 4 atom stereocenters. The van der Waals surface area contributed by atoms with Crippen molar-refractivity contribution in [1.82, 2.24) is 9.80 Å². The van der Waals surface area contributed by atoms with Gasteiger partial charge in [-0.1, -0.05) is 30.3 Å². The van der Waals surface area contributed by atoms with Crippen LogP contribution in [-0.4, -0.2) is 72.7 Å². The average molecular weight is 356 g/mol. The summed E-state index contributed by atoms with van der Waals surface area (Å²) >= 11 is 0. The molecule has 4 unspecified atom stereocenters. The number of likely N-dealkylation sites (N-methyl/N-ethyl adjacent to an activating group) is 1. The lowest BCUT2D eigenvalue weighted by Crippen LogP contribution is -2.54. The van der Waals surface area contributed by atoms with E-state index in [0.717, 1.165) is 38.3 Å². The number of aliphatic hydroxyl groups excluding tert-OH is 1. The van der Waals surface area contributed by atoms with Crippen LogP contribution in [0.5, 0.6) is 0 Å². The van der Waals surface area contributed by atoms with Crippen LogP contribution in [0.2, 0.25) is 0 Å². The standard InChI is InChI=1S/C21H28N2O3/c1-22-9-11-23(12-10-22)13-17-19(24)8-7-16-20(25)18(14-26-21(16)17)15-5-3-2-4-6-15/h2-6,14,16-17,19,21,24H,7-13H2,1H3. The van der Waals surface area contributed by atoms with Gasteiger partial charge in [0.2, 0.25) is 0 Å². The number of hydrogen-bond donors (Lipinski definition) is 1. The van der Waals surface area contributed by atoms with Crippen molar-refractivity contribution < 1.29 is 14.6 Å². The molecule has 1 aromatic rings. The van der Waals surface area contributed by atoms with Crippen LogP contribution in [0.4, 0.5) is 0 Å². The van der Waals surface area contributed by atoms with Crippen molar-refractivity contribution in [3.8, 4) is 0 Å². The van der Waals surface area contributed by atoms with Crippen molar-refractivity contribution in [3.63, 3.8) is 0 Å². The molecule has 3 aliphatic rings. The molecule has 0 aromatic heterocycles. The second-order valence-electron chi connectivity index (χ2n) is 7.88. The number of carbonyl (C=O) groups is 1. The molecule has 0 radical (unpaired) electrons. The zero-order valence-corrected chi connectivity index (χ0v) is 15.4. The number of nitrogens with zero attached hydrogens (tertiary/aromatic N) is 2. The molecule has 1 aliphatic carbocycles. The minimum atomic E-state index is -0.393. The van der Waals surface area contributed by atoms with Gasteiger partial charge in [-0.3, -0.25) is 4.79 Å². The number of Topliss-reactive ketones (excluding diaryl/α,β-unsaturated/α-hetero) is 1. The maximum atomic E-state index is 13.1. The molecule has 26 heavy (non-hydrogen) atoms. The van der Waals surface area contributed by atoms with Crippen molar-refractivity contribution in [3.05, 3.63) is 42.2 Å². The van der Waals surface area contributed by atoms with Gasteiger partial charge in [0.1, 0.15) is 6.10 Å². The van der Waals surface area contributed by atoms with E-state index in [1.807, 2.05) is 30.3 Å². The minimum absolute atomic E-state index is 0.00493. The van der Waals surface area contributed by atoms with E-state index in [9.17, 15) is 9.90 Å². The zero-order chi connectivity index (χ0) is 18.1. The molecule has 5 nitrogen and oxygen atoms in total. The number of ketones is 1. The highest BCUT2D eigenvalue weighted by molar-refractivity contribution is 6.22. The third-order valence-corrected chi connectivity index (χ3v) is 6.18. The molecule has 0 spiro atoms. The Morgan fingerprint density at radius 1 is 1.12 bits per heavy atom. The van der Waals surface area contributed by atoms with Crippen molar-refractivity contribution in [2.75, 3.05) is 39.8 Å². The fourth-order valence-corrected chi connectivity index (χ4v) is 4.51. The molecule has 2 heterocycles. The number of allylic oxidation sites excluding steroid dienone is 1. The number of aliphatic hydroxyl groups is 1. The number of ether oxygens (including phenoxy) is 1. The third-order valence-electron chi connectivity index (χ3n) is 6.18. The summed E-state index contributed by atoms with van der Waals surface area (Å²) in [5.41, 5.74) is 1.58. The van der Waals surface area contributed by atoms with Gasteiger partial charge in [-0.05, 0) is 25.5 Å². The predicted octanol–water partition coefficient (Wildman–Crippen LogP) is 1.63. The Hall–Kier alpha value is -1.69. The molecule has 5 heteroatoms. The summed E-state index contributed by atoms with van der Waals surface area (Å²) in [5, 5.41) is 10.6. The summed E-state index contributed by atoms with van der Waals surface area (Å²) in [5.74, 6) is 0.0217. The van der Waals surface area contributed by atoms with Crippen LogP contribution in [0, 0.1) is 11.8 Å². The maximum absolute atomic E-state index is 13.1. The number of carbonyl (C=O) groups excluding carboxylic acids is 1. The molecular weight excluding hydrogens is 328 g/mol. The lowest BCUT2D eigenvalue weighted by atomic mass is 9.72. The fraction of sp³-hybridized carbons (Fsp3) is 0.571. The van der Waals surface area contributed by atoms with E-state index in [0.29, 0.717) is 18.4 Å². The second kappa shape index (κ2) is 7.51. The summed E-state index contributed by atoms with van der Waals surface area (Å²) in [7, 11) is 2.14. The summed E-state index contributed by atoms with van der Waals surface area (Å²) in [6.07, 6.45) is 2.41. The van der Waals surface area contributed by atoms with Gasteiger partial charge < -0.3 is 19.6 Å². The lowest BCUT2D eigenvalue weighted by Gasteiger charge is -2.44. The molecule has 0 bridgehead atoms. The highest BCUT2D eigenvalue weighted by Gasteiger charge is 2.46. The van der Waals surface area contributed by atoms with Crippen LogP contribution in [0.15, 0.2) is 36.6 Å². The van der Waals surface area contributed by atoms with E-state index in [4.69, 9.17) is 4.74 Å². The van der Waals surface area contributed by atoms with Crippen LogP contribution in [-0.2, 0) is 9.53 Å². The van der Waals surface area contributed by atoms with Gasteiger partial charge >= 0.3 is 0 Å². The molecule has 140 valence electrons. The van der Waals surface area contributed by atoms with Gasteiger partial charge in [-0.25, -0.2) is 0 Å². The predicted molar refractivity (Wildman–Crippen MR) is 100 cm³/mol. The van der Waals surface area contributed by atoms with Crippen molar-refractivity contribution in [2.45, 2.75) is 25.0 Å². The Balaban J connectivity index is 1.51. The second-order valence-corrected chi connectivity index (χ2v) is 7.88. The SMILES string of the molecule is CN1CCN(CC2C(O)CCC3C(=O)C(c4ccccc4)=COC32)CC1. The maximum Gasteiger partial charge on any atom is 0.173 e. The van der Waals surface area contributed by atoms with E-state index in [2.05, 4.69) is 16.8 Å². The molecule has 1 saturated heterocycles. The first kappa shape index (κ1) is 17.7. The van der Waals surface area contributed by atoms with Gasteiger partial charge in [0.25, 0.3) is 0 Å². The highest BCUT2D eigenvalue weighted by atomic mass is 16.5. The Bertz CT molecular complexity index is 667. The van der Waals surface area contributed by atoms with E-state index in [1.54, 1.807) is 6.26 Å². The Kier molecular flexibility index (Phi) is 5.11. The van der Waals surface area contributed by atoms with Crippen molar-refractivity contribution >= 4 is 11.4 Å². The van der Waals surface area contributed by atoms with Crippen LogP contribution in [0.25, 0.3) is 5.57 Å². The summed E-state index contributed by atoms with van der Waals surface area (Å²) in [6, 6.07) is 9.73. The first-order chi connectivity index (χ1) is 12.6. The first-order valence-electron chi connectivity index (χ1n) is 9.67. The number of fused-ring (bicyclic) bond motifs is 1. The monoisotopic (exact) mass is 356 g/mol. The summed E-state index contributed by atoms with van der Waals surface area (Å²) < 4.78 is 6.09. The molecule has 0 amide bonds. The highest BCUT2D eigenvalue weighted by Crippen LogP contribution is 2.39. The van der Waals surface area contributed by atoms with E-state index in [1.165, 1.54) is 0 Å². The molecule has 1 N–H and O–H groups in total. The van der Waals surface area contributed by atoms with Gasteiger partial charge in [0, 0.05) is 38.6 Å². The largest absolute Gasteiger partial charge is 0.496 e. The summed E-state index contributed by atoms with van der Waals surface area (Å²) in [6.45, 7) is 4.92. The Labute approximate surface area is 155 Å². The van der Waals surface area contributed by atoms with Crippen LogP contribution in [0.1, 0.15) is 18.4 Å². The van der Waals surface area contributed by atoms with Crippen molar-refractivity contribution in [1.29, 1.82) is 0 Å². The smallest absolute Gasteiger partial charge is 0.173 e. The molecule has 4 rings (SSSR count). The number of piperazine rings is 1. The van der Waals surface area contributed by atoms with Crippen LogP contribution < -0.4 is 0 Å². The molecular formula is C21H28N2O3. The normalized spacial score (nSPS) is 33.3. The number of benzene rings is 1. The zero-order valence-electron chi connectivity index (χ0n) is 15.4. The quantitative estimate of drug-likeness (QED) is 0.892. The minimum Gasteiger partial charge on any atom is -0.496 e. The Morgan fingerprint density at radius 2 is 1.85 bits per heavy atom. The van der Waals surface area contributed by atoms with E-state index >= 15 is 0 Å². The van der Waals surface area contributed by atoms with E-state index < -0.39 is 6.10 Å². The fourth-order valence-electron chi connectivity index (χ4n) is 4.51.